The summed E-state index contributed by atoms with van der Waals surface area (Å²) in [6, 6.07) is 0.165. The molecule has 3 rings (SSSR count). The largest absolute Gasteiger partial charge is 0.367 e. The number of rotatable bonds is 1. The lowest BCUT2D eigenvalue weighted by Crippen LogP contribution is -2.38. The van der Waals surface area contributed by atoms with E-state index in [2.05, 4.69) is 23.1 Å². The summed E-state index contributed by atoms with van der Waals surface area (Å²) < 4.78 is 5.42. The second-order valence-electron chi connectivity index (χ2n) is 4.34. The van der Waals surface area contributed by atoms with E-state index in [1.54, 1.807) is 0 Å². The highest BCUT2D eigenvalue weighted by Gasteiger charge is 2.47. The minimum absolute atomic E-state index is 0.165. The lowest BCUT2D eigenvalue weighted by atomic mass is 9.94. The number of fused-ring (bicyclic) bond motifs is 3. The molecule has 0 aromatic carbocycles. The van der Waals surface area contributed by atoms with Crippen LogP contribution >= 0.6 is 0 Å². The van der Waals surface area contributed by atoms with Gasteiger partial charge in [-0.15, -0.1) is 0 Å². The van der Waals surface area contributed by atoms with Crippen LogP contribution in [0.1, 0.15) is 12.8 Å². The number of allylic oxidation sites excluding steroid dienone is 4. The van der Waals surface area contributed by atoms with E-state index < -0.39 is 6.10 Å². The van der Waals surface area contributed by atoms with Gasteiger partial charge in [-0.2, -0.15) is 0 Å². The molecule has 0 saturated carbocycles. The van der Waals surface area contributed by atoms with Crippen molar-refractivity contribution < 1.29 is 9.53 Å². The maximum Gasteiger partial charge on any atom is 0.248 e. The fourth-order valence-corrected chi connectivity index (χ4v) is 2.82. The van der Waals surface area contributed by atoms with Crippen molar-refractivity contribution in [2.75, 3.05) is 6.73 Å². The number of primary amides is 1. The second kappa shape index (κ2) is 3.10. The first-order valence-electron chi connectivity index (χ1n) is 5.31. The van der Waals surface area contributed by atoms with Crippen molar-refractivity contribution in [3.8, 4) is 0 Å². The first-order valence-corrected chi connectivity index (χ1v) is 5.31. The SMILES string of the molecule is NC(=O)C1OCN2C3=CC=CCC3CC12. The fraction of sp³-hybridized carbons (Fsp3) is 0.545. The van der Waals surface area contributed by atoms with Crippen LogP contribution in [0.4, 0.5) is 0 Å². The van der Waals surface area contributed by atoms with E-state index in [0.717, 1.165) is 12.8 Å². The molecule has 2 heterocycles. The Morgan fingerprint density at radius 1 is 1.60 bits per heavy atom. The Balaban J connectivity index is 1.88. The van der Waals surface area contributed by atoms with Crippen LogP contribution in [0, 0.1) is 5.92 Å². The predicted octanol–water partition coefficient (Wildman–Crippen LogP) is 0.362. The zero-order valence-corrected chi connectivity index (χ0v) is 8.43. The van der Waals surface area contributed by atoms with Gasteiger partial charge in [0.25, 0.3) is 0 Å². The zero-order chi connectivity index (χ0) is 10.4. The molecule has 2 N–H and O–H groups in total. The van der Waals surface area contributed by atoms with E-state index in [1.165, 1.54) is 5.70 Å². The number of nitrogens with zero attached hydrogens (tertiary/aromatic N) is 1. The normalized spacial score (nSPS) is 37.5. The number of nitrogens with two attached hydrogens (primary N) is 1. The van der Waals surface area contributed by atoms with Crippen LogP contribution in [-0.4, -0.2) is 29.7 Å². The molecular formula is C11H14N2O2. The highest BCUT2D eigenvalue weighted by molar-refractivity contribution is 5.80. The Kier molecular flexibility index (Phi) is 1.85. The summed E-state index contributed by atoms with van der Waals surface area (Å²) in [5, 5.41) is 0. The maximum atomic E-state index is 11.2. The minimum atomic E-state index is -0.420. The van der Waals surface area contributed by atoms with Gasteiger partial charge in [0.2, 0.25) is 5.91 Å². The van der Waals surface area contributed by atoms with Gasteiger partial charge < -0.3 is 15.4 Å². The highest BCUT2D eigenvalue weighted by atomic mass is 16.5. The van der Waals surface area contributed by atoms with Gasteiger partial charge in [-0.25, -0.2) is 0 Å². The Labute approximate surface area is 88.4 Å². The number of carbonyl (C=O) groups is 1. The molecule has 0 aromatic rings. The molecule has 2 aliphatic heterocycles. The summed E-state index contributed by atoms with van der Waals surface area (Å²) in [5.74, 6) is 0.223. The molecule has 3 unspecified atom stereocenters. The van der Waals surface area contributed by atoms with Crippen molar-refractivity contribution in [2.45, 2.75) is 25.0 Å². The zero-order valence-electron chi connectivity index (χ0n) is 8.43. The molecule has 2 fully saturated rings. The van der Waals surface area contributed by atoms with Crippen molar-refractivity contribution in [3.05, 3.63) is 23.9 Å². The average Bonchev–Trinajstić information content (AvgIpc) is 2.74. The number of hydrogen-bond donors (Lipinski definition) is 1. The second-order valence-corrected chi connectivity index (χ2v) is 4.34. The summed E-state index contributed by atoms with van der Waals surface area (Å²) in [5.41, 5.74) is 6.63. The standard InChI is InChI=1S/C11H14N2O2/c12-11(14)10-9-5-7-3-1-2-4-8(7)13(9)6-15-10/h1-2,4,7,9-10H,3,5-6H2,(H2,12,14). The van der Waals surface area contributed by atoms with Gasteiger partial charge in [-0.05, 0) is 18.9 Å². The molecule has 0 spiro atoms. The fourth-order valence-electron chi connectivity index (χ4n) is 2.82. The van der Waals surface area contributed by atoms with Crippen molar-refractivity contribution in [1.82, 2.24) is 4.90 Å². The van der Waals surface area contributed by atoms with Crippen LogP contribution < -0.4 is 5.73 Å². The van der Waals surface area contributed by atoms with Crippen LogP contribution in [0.25, 0.3) is 0 Å². The van der Waals surface area contributed by atoms with Gasteiger partial charge in [-0.1, -0.05) is 12.2 Å². The highest BCUT2D eigenvalue weighted by Crippen LogP contribution is 2.42. The van der Waals surface area contributed by atoms with Gasteiger partial charge in [0.1, 0.15) is 6.73 Å². The molecule has 0 aromatic heterocycles. The molecule has 0 bridgehead atoms. The quantitative estimate of drug-likeness (QED) is 0.674. The third-order valence-corrected chi connectivity index (χ3v) is 3.52. The van der Waals surface area contributed by atoms with Crippen LogP contribution in [0.5, 0.6) is 0 Å². The molecule has 4 nitrogen and oxygen atoms in total. The van der Waals surface area contributed by atoms with E-state index in [1.807, 2.05) is 0 Å². The Bertz CT molecular complexity index is 362. The number of ether oxygens (including phenoxy) is 1. The summed E-state index contributed by atoms with van der Waals surface area (Å²) in [7, 11) is 0. The van der Waals surface area contributed by atoms with Crippen LogP contribution in [0.3, 0.4) is 0 Å². The maximum absolute atomic E-state index is 11.2. The average molecular weight is 206 g/mol. The summed E-state index contributed by atoms with van der Waals surface area (Å²) in [4.78, 5) is 13.4. The third-order valence-electron chi connectivity index (χ3n) is 3.52. The summed E-state index contributed by atoms with van der Waals surface area (Å²) >= 11 is 0. The van der Waals surface area contributed by atoms with Gasteiger partial charge in [0.15, 0.2) is 6.10 Å². The van der Waals surface area contributed by atoms with Crippen LogP contribution in [0.2, 0.25) is 0 Å². The molecule has 3 aliphatic rings. The van der Waals surface area contributed by atoms with Crippen LogP contribution in [0.15, 0.2) is 23.9 Å². The molecule has 80 valence electrons. The third kappa shape index (κ3) is 1.21. The molecule has 1 amide bonds. The van der Waals surface area contributed by atoms with E-state index in [0.29, 0.717) is 12.6 Å². The molecule has 3 atom stereocenters. The monoisotopic (exact) mass is 206 g/mol. The van der Waals surface area contributed by atoms with Gasteiger partial charge >= 0.3 is 0 Å². The Morgan fingerprint density at radius 2 is 2.47 bits per heavy atom. The molecular weight excluding hydrogens is 192 g/mol. The first-order chi connectivity index (χ1) is 7.27. The lowest BCUT2D eigenvalue weighted by Gasteiger charge is -2.20. The van der Waals surface area contributed by atoms with E-state index in [4.69, 9.17) is 10.5 Å². The lowest BCUT2D eigenvalue weighted by molar-refractivity contribution is -0.127. The smallest absolute Gasteiger partial charge is 0.248 e. The van der Waals surface area contributed by atoms with E-state index >= 15 is 0 Å². The topological polar surface area (TPSA) is 55.6 Å². The number of hydrogen-bond acceptors (Lipinski definition) is 3. The van der Waals surface area contributed by atoms with Crippen molar-refractivity contribution >= 4 is 5.91 Å². The van der Waals surface area contributed by atoms with Crippen LogP contribution in [-0.2, 0) is 9.53 Å². The predicted molar refractivity (Wildman–Crippen MR) is 54.5 cm³/mol. The molecule has 1 aliphatic carbocycles. The minimum Gasteiger partial charge on any atom is -0.367 e. The van der Waals surface area contributed by atoms with Gasteiger partial charge in [0, 0.05) is 11.6 Å². The molecule has 15 heavy (non-hydrogen) atoms. The van der Waals surface area contributed by atoms with E-state index in [9.17, 15) is 4.79 Å². The Hall–Kier alpha value is -1.29. The van der Waals surface area contributed by atoms with Crippen molar-refractivity contribution in [3.63, 3.8) is 0 Å². The van der Waals surface area contributed by atoms with Crippen molar-refractivity contribution in [1.29, 1.82) is 0 Å². The molecule has 4 heteroatoms. The Morgan fingerprint density at radius 3 is 3.27 bits per heavy atom. The first kappa shape index (κ1) is 8.97. The summed E-state index contributed by atoms with van der Waals surface area (Å²) in [6.07, 6.45) is 8.02. The molecule has 0 radical (unpaired) electrons. The number of amides is 1. The van der Waals surface area contributed by atoms with E-state index in [-0.39, 0.29) is 11.9 Å². The number of carbonyl (C=O) groups excluding carboxylic acids is 1. The summed E-state index contributed by atoms with van der Waals surface area (Å²) in [6.45, 7) is 0.508. The molecule has 2 saturated heterocycles. The van der Waals surface area contributed by atoms with Gasteiger partial charge in [0.05, 0.1) is 6.04 Å². The van der Waals surface area contributed by atoms with Crippen molar-refractivity contribution in [2.24, 2.45) is 11.7 Å². The van der Waals surface area contributed by atoms with Gasteiger partial charge in [-0.3, -0.25) is 4.79 Å².